The Hall–Kier alpha value is -1.36. The first-order valence-corrected chi connectivity index (χ1v) is 6.69. The van der Waals surface area contributed by atoms with E-state index in [-0.39, 0.29) is 0 Å². The third-order valence-corrected chi connectivity index (χ3v) is 3.43. The second-order valence-electron chi connectivity index (χ2n) is 5.00. The van der Waals surface area contributed by atoms with Crippen LogP contribution in [0, 0.1) is 6.92 Å². The highest BCUT2D eigenvalue weighted by Crippen LogP contribution is 2.18. The Morgan fingerprint density at radius 3 is 2.61 bits per heavy atom. The number of hydrogen-bond acceptors (Lipinski definition) is 5. The first-order chi connectivity index (χ1) is 8.70. The van der Waals surface area contributed by atoms with Crippen molar-refractivity contribution in [2.45, 2.75) is 32.7 Å². The second-order valence-corrected chi connectivity index (χ2v) is 5.00. The molecule has 5 heteroatoms. The molecule has 0 amide bonds. The zero-order chi connectivity index (χ0) is 13.0. The standard InChI is InChI=1S/C13H23N5/c1-10(8-18-6-4-5-7-18)17-13-11(2)12(14-3)15-9-16-13/h9-10H,4-8H2,1-3H3,(H2,14,15,16,17). The third-order valence-electron chi connectivity index (χ3n) is 3.43. The summed E-state index contributed by atoms with van der Waals surface area (Å²) in [6, 6.07) is 0.404. The zero-order valence-electron chi connectivity index (χ0n) is 11.5. The molecule has 1 saturated heterocycles. The molecule has 0 bridgehead atoms. The van der Waals surface area contributed by atoms with Gasteiger partial charge in [0.15, 0.2) is 0 Å². The van der Waals surface area contributed by atoms with Crippen molar-refractivity contribution in [3.63, 3.8) is 0 Å². The Morgan fingerprint density at radius 2 is 1.94 bits per heavy atom. The number of nitrogens with zero attached hydrogens (tertiary/aromatic N) is 3. The fraction of sp³-hybridized carbons (Fsp3) is 0.692. The lowest BCUT2D eigenvalue weighted by Gasteiger charge is -2.22. The number of anilines is 2. The van der Waals surface area contributed by atoms with E-state index in [1.54, 1.807) is 6.33 Å². The summed E-state index contributed by atoms with van der Waals surface area (Å²) in [5, 5.41) is 6.56. The van der Waals surface area contributed by atoms with Crippen molar-refractivity contribution in [3.05, 3.63) is 11.9 Å². The van der Waals surface area contributed by atoms with Crippen molar-refractivity contribution in [2.24, 2.45) is 0 Å². The maximum atomic E-state index is 4.32. The van der Waals surface area contributed by atoms with E-state index in [1.165, 1.54) is 25.9 Å². The second kappa shape index (κ2) is 6.00. The van der Waals surface area contributed by atoms with Gasteiger partial charge in [0.05, 0.1) is 0 Å². The van der Waals surface area contributed by atoms with E-state index in [9.17, 15) is 0 Å². The fourth-order valence-electron chi connectivity index (χ4n) is 2.48. The highest BCUT2D eigenvalue weighted by Gasteiger charge is 2.15. The average molecular weight is 249 g/mol. The lowest BCUT2D eigenvalue weighted by molar-refractivity contribution is 0.327. The van der Waals surface area contributed by atoms with Crippen molar-refractivity contribution < 1.29 is 0 Å². The lowest BCUT2D eigenvalue weighted by Crippen LogP contribution is -2.33. The van der Waals surface area contributed by atoms with E-state index in [1.807, 2.05) is 14.0 Å². The molecule has 0 aromatic carbocycles. The molecule has 1 aliphatic rings. The predicted octanol–water partition coefficient (Wildman–Crippen LogP) is 1.72. The molecule has 1 atom stereocenters. The van der Waals surface area contributed by atoms with Gasteiger partial charge in [-0.1, -0.05) is 0 Å². The van der Waals surface area contributed by atoms with E-state index in [2.05, 4.69) is 32.4 Å². The highest BCUT2D eigenvalue weighted by atomic mass is 15.2. The van der Waals surface area contributed by atoms with Crippen molar-refractivity contribution in [1.82, 2.24) is 14.9 Å². The van der Waals surface area contributed by atoms with E-state index in [0.717, 1.165) is 23.7 Å². The molecule has 100 valence electrons. The van der Waals surface area contributed by atoms with Crippen LogP contribution in [0.4, 0.5) is 11.6 Å². The maximum absolute atomic E-state index is 4.32. The summed E-state index contributed by atoms with van der Waals surface area (Å²) >= 11 is 0. The van der Waals surface area contributed by atoms with Gasteiger partial charge in [-0.2, -0.15) is 0 Å². The highest BCUT2D eigenvalue weighted by molar-refractivity contribution is 5.56. The Kier molecular flexibility index (Phi) is 4.36. The monoisotopic (exact) mass is 249 g/mol. The van der Waals surface area contributed by atoms with Crippen LogP contribution in [0.25, 0.3) is 0 Å². The van der Waals surface area contributed by atoms with Crippen LogP contribution in [0.5, 0.6) is 0 Å². The smallest absolute Gasteiger partial charge is 0.134 e. The molecule has 2 heterocycles. The van der Waals surface area contributed by atoms with E-state index in [4.69, 9.17) is 0 Å². The molecule has 1 aromatic rings. The summed E-state index contributed by atoms with van der Waals surface area (Å²) in [6.45, 7) is 7.79. The summed E-state index contributed by atoms with van der Waals surface area (Å²) in [6.07, 6.45) is 4.27. The van der Waals surface area contributed by atoms with Crippen LogP contribution in [0.3, 0.4) is 0 Å². The van der Waals surface area contributed by atoms with Gasteiger partial charge >= 0.3 is 0 Å². The summed E-state index contributed by atoms with van der Waals surface area (Å²) in [7, 11) is 1.88. The quantitative estimate of drug-likeness (QED) is 0.832. The molecule has 0 aliphatic carbocycles. The predicted molar refractivity (Wildman–Crippen MR) is 75.1 cm³/mol. The van der Waals surface area contributed by atoms with Gasteiger partial charge in [0.2, 0.25) is 0 Å². The van der Waals surface area contributed by atoms with Gasteiger partial charge in [-0.3, -0.25) is 0 Å². The summed E-state index contributed by atoms with van der Waals surface area (Å²) in [4.78, 5) is 11.0. The molecule has 5 nitrogen and oxygen atoms in total. The van der Waals surface area contributed by atoms with Crippen LogP contribution >= 0.6 is 0 Å². The number of likely N-dealkylation sites (tertiary alicyclic amines) is 1. The Balaban J connectivity index is 1.95. The van der Waals surface area contributed by atoms with Gasteiger partial charge in [0, 0.05) is 25.2 Å². The average Bonchev–Trinajstić information content (AvgIpc) is 2.84. The van der Waals surface area contributed by atoms with Gasteiger partial charge in [0.1, 0.15) is 18.0 Å². The van der Waals surface area contributed by atoms with Crippen LogP contribution in [0.1, 0.15) is 25.3 Å². The van der Waals surface area contributed by atoms with Gasteiger partial charge in [-0.05, 0) is 39.8 Å². The van der Waals surface area contributed by atoms with E-state index < -0.39 is 0 Å². The molecule has 2 rings (SSSR count). The molecule has 1 aromatic heterocycles. The lowest BCUT2D eigenvalue weighted by atomic mass is 10.2. The number of nitrogens with one attached hydrogen (secondary N) is 2. The van der Waals surface area contributed by atoms with Crippen molar-refractivity contribution in [2.75, 3.05) is 37.3 Å². The van der Waals surface area contributed by atoms with Crippen LogP contribution in [-0.4, -0.2) is 47.6 Å². The molecular formula is C13H23N5. The van der Waals surface area contributed by atoms with Gasteiger partial charge in [0.25, 0.3) is 0 Å². The molecule has 1 aliphatic heterocycles. The summed E-state index contributed by atoms with van der Waals surface area (Å²) < 4.78 is 0. The minimum Gasteiger partial charge on any atom is -0.373 e. The Bertz CT molecular complexity index is 387. The Morgan fingerprint density at radius 1 is 1.28 bits per heavy atom. The summed E-state index contributed by atoms with van der Waals surface area (Å²) in [5.41, 5.74) is 1.08. The van der Waals surface area contributed by atoms with Crippen molar-refractivity contribution >= 4 is 11.6 Å². The topological polar surface area (TPSA) is 53.1 Å². The SMILES string of the molecule is CNc1ncnc(NC(C)CN2CCCC2)c1C. The largest absolute Gasteiger partial charge is 0.373 e. The molecule has 1 unspecified atom stereocenters. The molecule has 0 spiro atoms. The van der Waals surface area contributed by atoms with Gasteiger partial charge < -0.3 is 15.5 Å². The summed E-state index contributed by atoms with van der Waals surface area (Å²) in [5.74, 6) is 1.82. The van der Waals surface area contributed by atoms with Crippen LogP contribution < -0.4 is 10.6 Å². The molecule has 18 heavy (non-hydrogen) atoms. The molecular weight excluding hydrogens is 226 g/mol. The molecule has 2 N–H and O–H groups in total. The van der Waals surface area contributed by atoms with Crippen LogP contribution in [-0.2, 0) is 0 Å². The number of hydrogen-bond donors (Lipinski definition) is 2. The van der Waals surface area contributed by atoms with Crippen molar-refractivity contribution in [3.8, 4) is 0 Å². The minimum atomic E-state index is 0.404. The molecule has 0 radical (unpaired) electrons. The Labute approximate surface area is 109 Å². The molecule has 1 fully saturated rings. The normalized spacial score (nSPS) is 17.7. The fourth-order valence-corrected chi connectivity index (χ4v) is 2.48. The van der Waals surface area contributed by atoms with Gasteiger partial charge in [-0.15, -0.1) is 0 Å². The third kappa shape index (κ3) is 3.10. The van der Waals surface area contributed by atoms with E-state index in [0.29, 0.717) is 6.04 Å². The zero-order valence-corrected chi connectivity index (χ0v) is 11.5. The van der Waals surface area contributed by atoms with Crippen LogP contribution in [0.2, 0.25) is 0 Å². The van der Waals surface area contributed by atoms with Crippen LogP contribution in [0.15, 0.2) is 6.33 Å². The maximum Gasteiger partial charge on any atom is 0.134 e. The van der Waals surface area contributed by atoms with Crippen molar-refractivity contribution in [1.29, 1.82) is 0 Å². The molecule has 0 saturated carbocycles. The van der Waals surface area contributed by atoms with E-state index >= 15 is 0 Å². The number of aromatic nitrogens is 2. The van der Waals surface area contributed by atoms with Gasteiger partial charge in [-0.25, -0.2) is 9.97 Å². The first-order valence-electron chi connectivity index (χ1n) is 6.69. The first kappa shape index (κ1) is 13.1. The minimum absolute atomic E-state index is 0.404. The number of rotatable bonds is 5.